The van der Waals surface area contributed by atoms with Gasteiger partial charge in [-0.2, -0.15) is 13.2 Å². The first-order chi connectivity index (χ1) is 19.1. The van der Waals surface area contributed by atoms with Crippen LogP contribution in [0.1, 0.15) is 39.3 Å². The number of rotatable bonds is 5. The lowest BCUT2D eigenvalue weighted by molar-refractivity contribution is -0.134. The molecule has 2 atom stereocenters. The number of hydrogen-bond donors (Lipinski definition) is 1. The van der Waals surface area contributed by atoms with Crippen LogP contribution in [0.15, 0.2) is 47.9 Å². The highest BCUT2D eigenvalue weighted by Crippen LogP contribution is 2.32. The van der Waals surface area contributed by atoms with Crippen molar-refractivity contribution in [1.82, 2.24) is 24.2 Å². The molecule has 0 unspecified atom stereocenters. The van der Waals surface area contributed by atoms with Crippen molar-refractivity contribution in [2.75, 3.05) is 32.7 Å². The Labute approximate surface area is 228 Å². The van der Waals surface area contributed by atoms with Gasteiger partial charge in [-0.1, -0.05) is 18.2 Å². The van der Waals surface area contributed by atoms with Gasteiger partial charge in [-0.25, -0.2) is 4.98 Å². The molecule has 2 amide bonds. The molecule has 1 aliphatic carbocycles. The number of nitrogens with zero attached hydrogens (tertiary/aromatic N) is 6. The molecule has 1 aromatic carbocycles. The molecule has 0 radical (unpaired) electrons. The van der Waals surface area contributed by atoms with Gasteiger partial charge in [0.15, 0.2) is 5.65 Å². The molecule has 2 aromatic heterocycles. The molecule has 9 nitrogen and oxygen atoms in total. The highest BCUT2D eigenvalue weighted by molar-refractivity contribution is 6.27. The number of carbonyl (C=O) groups is 2. The monoisotopic (exact) mass is 551 g/mol. The number of piperazine rings is 1. The lowest BCUT2D eigenvalue weighted by Crippen LogP contribution is -2.51. The molecule has 3 aliphatic rings. The third-order valence-corrected chi connectivity index (χ3v) is 7.77. The zero-order valence-corrected chi connectivity index (χ0v) is 21.9. The lowest BCUT2D eigenvalue weighted by atomic mass is 10.0. The Bertz CT molecular complexity index is 1570. The summed E-state index contributed by atoms with van der Waals surface area (Å²) < 4.78 is 41.9. The van der Waals surface area contributed by atoms with Crippen molar-refractivity contribution >= 4 is 28.7 Å². The Morgan fingerprint density at radius 3 is 2.50 bits per heavy atom. The van der Waals surface area contributed by atoms with Crippen molar-refractivity contribution in [3.8, 4) is 0 Å². The number of alkyl halides is 3. The van der Waals surface area contributed by atoms with E-state index in [9.17, 15) is 22.8 Å². The number of aromatic nitrogens is 3. The number of amides is 2. The average Bonchev–Trinajstić information content (AvgIpc) is 3.29. The molecular formula is C28H28F3N7O2. The van der Waals surface area contributed by atoms with Gasteiger partial charge in [0.2, 0.25) is 5.91 Å². The zero-order chi connectivity index (χ0) is 28.2. The quantitative estimate of drug-likeness (QED) is 0.525. The van der Waals surface area contributed by atoms with Crippen LogP contribution in [0, 0.1) is 12.8 Å². The summed E-state index contributed by atoms with van der Waals surface area (Å²) in [4.78, 5) is 41.7. The Morgan fingerprint density at radius 1 is 1.10 bits per heavy atom. The van der Waals surface area contributed by atoms with E-state index in [4.69, 9.17) is 5.73 Å². The number of allylic oxidation sites excluding steroid dienone is 1. The topological polar surface area (TPSA) is 109 Å². The van der Waals surface area contributed by atoms with E-state index in [0.717, 1.165) is 17.5 Å². The predicted molar refractivity (Wildman–Crippen MR) is 142 cm³/mol. The maximum atomic E-state index is 13.4. The fraction of sp³-hybridized carbons (Fsp3) is 0.393. The van der Waals surface area contributed by atoms with Crippen LogP contribution < -0.4 is 5.73 Å². The summed E-state index contributed by atoms with van der Waals surface area (Å²) in [6.45, 7) is 3.79. The van der Waals surface area contributed by atoms with Crippen LogP contribution in [0.3, 0.4) is 0 Å². The second kappa shape index (κ2) is 9.84. The van der Waals surface area contributed by atoms with Gasteiger partial charge in [0, 0.05) is 62.2 Å². The molecule has 0 spiro atoms. The average molecular weight is 552 g/mol. The van der Waals surface area contributed by atoms with Crippen LogP contribution in [0.25, 0.3) is 11.2 Å². The van der Waals surface area contributed by atoms with E-state index in [-0.39, 0.29) is 35.9 Å². The standard InChI is InChI=1S/C28H28F3N7O2/c1-16-12-17(2-3-18(16)26(39)36-8-10-37(11-9-36)27(40)20-14-21(20)32)13-22-25-35-15-23(38(25)7-6-33-22)19-4-5-34-24(19)28(29,30)31/h2-4,6-7,12,15,20-21H,5,8-11,13-14,32H2,1H3/t20-,21+/m1/s1. The molecule has 2 N–H and O–H groups in total. The van der Waals surface area contributed by atoms with E-state index in [1.807, 2.05) is 19.1 Å². The van der Waals surface area contributed by atoms with E-state index >= 15 is 0 Å². The van der Waals surface area contributed by atoms with E-state index in [2.05, 4.69) is 15.0 Å². The van der Waals surface area contributed by atoms with Crippen LogP contribution in [0.5, 0.6) is 0 Å². The van der Waals surface area contributed by atoms with Gasteiger partial charge in [0.05, 0.1) is 30.0 Å². The normalized spacial score (nSPS) is 21.0. The van der Waals surface area contributed by atoms with Crippen LogP contribution >= 0.6 is 0 Å². The van der Waals surface area contributed by atoms with Gasteiger partial charge >= 0.3 is 6.18 Å². The first kappa shape index (κ1) is 26.2. The Morgan fingerprint density at radius 2 is 1.82 bits per heavy atom. The predicted octanol–water partition coefficient (Wildman–Crippen LogP) is 2.66. The maximum Gasteiger partial charge on any atom is 0.433 e. The van der Waals surface area contributed by atoms with Crippen molar-refractivity contribution in [2.45, 2.75) is 32.0 Å². The van der Waals surface area contributed by atoms with Gasteiger partial charge in [-0.15, -0.1) is 0 Å². The number of carbonyl (C=O) groups excluding carboxylic acids is 2. The molecule has 0 bridgehead atoms. The van der Waals surface area contributed by atoms with Crippen molar-refractivity contribution < 1.29 is 22.8 Å². The number of halogens is 3. The Balaban J connectivity index is 1.16. The minimum atomic E-state index is -4.55. The van der Waals surface area contributed by atoms with Crippen LogP contribution in [0.2, 0.25) is 0 Å². The molecule has 4 heterocycles. The van der Waals surface area contributed by atoms with E-state index < -0.39 is 11.9 Å². The highest BCUT2D eigenvalue weighted by atomic mass is 19.4. The van der Waals surface area contributed by atoms with Gasteiger partial charge in [0.1, 0.15) is 5.71 Å². The third-order valence-electron chi connectivity index (χ3n) is 7.77. The summed E-state index contributed by atoms with van der Waals surface area (Å²) in [5, 5.41) is 0. The van der Waals surface area contributed by atoms with Gasteiger partial charge < -0.3 is 15.5 Å². The number of benzene rings is 1. The van der Waals surface area contributed by atoms with Gasteiger partial charge in [0.25, 0.3) is 5.91 Å². The molecule has 1 saturated carbocycles. The number of imidazole rings is 1. The largest absolute Gasteiger partial charge is 0.433 e. The molecule has 12 heteroatoms. The van der Waals surface area contributed by atoms with Crippen molar-refractivity contribution in [1.29, 1.82) is 0 Å². The minimum Gasteiger partial charge on any atom is -0.339 e. The second-order valence-corrected chi connectivity index (χ2v) is 10.5. The Hall–Kier alpha value is -4.06. The number of nitrogens with two attached hydrogens (primary N) is 1. The Kier molecular flexibility index (Phi) is 6.44. The van der Waals surface area contributed by atoms with Crippen molar-refractivity contribution in [3.05, 3.63) is 70.9 Å². The SMILES string of the molecule is Cc1cc(Cc2nccn3c(C4=CCN=C4C(F)(F)F)cnc23)ccc1C(=O)N1CCN(C(=O)[C@@H]2C[C@@H]2N)CC1. The second-order valence-electron chi connectivity index (χ2n) is 10.5. The number of fused-ring (bicyclic) bond motifs is 1. The summed E-state index contributed by atoms with van der Waals surface area (Å²) >= 11 is 0. The summed E-state index contributed by atoms with van der Waals surface area (Å²) in [7, 11) is 0. The smallest absolute Gasteiger partial charge is 0.339 e. The van der Waals surface area contributed by atoms with E-state index in [1.165, 1.54) is 12.3 Å². The van der Waals surface area contributed by atoms with Crippen molar-refractivity contribution in [2.24, 2.45) is 16.6 Å². The molecule has 2 fully saturated rings. The van der Waals surface area contributed by atoms with Crippen LogP contribution in [-0.2, 0) is 11.2 Å². The van der Waals surface area contributed by atoms with Crippen LogP contribution in [0.4, 0.5) is 13.2 Å². The highest BCUT2D eigenvalue weighted by Gasteiger charge is 2.43. The number of aryl methyl sites for hydroxylation is 1. The molecule has 2 aliphatic heterocycles. The molecule has 208 valence electrons. The first-order valence-corrected chi connectivity index (χ1v) is 13.2. The first-order valence-electron chi connectivity index (χ1n) is 13.2. The molecular weight excluding hydrogens is 523 g/mol. The molecule has 1 saturated heterocycles. The summed E-state index contributed by atoms with van der Waals surface area (Å²) in [6.07, 6.45) is 2.58. The van der Waals surface area contributed by atoms with E-state index in [0.29, 0.717) is 55.2 Å². The van der Waals surface area contributed by atoms with Crippen LogP contribution in [-0.4, -0.2) is 86.6 Å². The lowest BCUT2D eigenvalue weighted by Gasteiger charge is -2.35. The molecule has 3 aromatic rings. The molecule has 6 rings (SSSR count). The third kappa shape index (κ3) is 4.76. The van der Waals surface area contributed by atoms with Crippen molar-refractivity contribution in [3.63, 3.8) is 0 Å². The summed E-state index contributed by atoms with van der Waals surface area (Å²) in [5.41, 5.74) is 8.60. The maximum absolute atomic E-state index is 13.4. The molecule has 40 heavy (non-hydrogen) atoms. The zero-order valence-electron chi connectivity index (χ0n) is 21.9. The van der Waals surface area contributed by atoms with Gasteiger partial charge in [-0.3, -0.25) is 24.0 Å². The number of aliphatic imine (C=N–C) groups is 1. The fourth-order valence-corrected chi connectivity index (χ4v) is 5.48. The van der Waals surface area contributed by atoms with Gasteiger partial charge in [-0.05, 0) is 30.5 Å². The summed E-state index contributed by atoms with van der Waals surface area (Å²) in [6, 6.07) is 5.54. The summed E-state index contributed by atoms with van der Waals surface area (Å²) in [5.74, 6) is -0.0661. The fourth-order valence-electron chi connectivity index (χ4n) is 5.48. The minimum absolute atomic E-state index is 0.0113. The number of hydrogen-bond acceptors (Lipinski definition) is 6. The van der Waals surface area contributed by atoms with E-state index in [1.54, 1.807) is 32.7 Å².